The maximum atomic E-state index is 12.9. The van der Waals surface area contributed by atoms with Crippen LogP contribution < -0.4 is 5.69 Å². The second-order valence-electron chi connectivity index (χ2n) is 7.68. The van der Waals surface area contributed by atoms with Crippen LogP contribution in [-0.2, 0) is 6.54 Å². The Hall–Kier alpha value is -3.21. The van der Waals surface area contributed by atoms with Gasteiger partial charge in [-0.05, 0) is 73.0 Å². The lowest BCUT2D eigenvalue weighted by molar-refractivity contribution is -0.0328. The molecule has 1 amide bonds. The predicted molar refractivity (Wildman–Crippen MR) is 117 cm³/mol. The molecule has 33 heavy (non-hydrogen) atoms. The van der Waals surface area contributed by atoms with Crippen molar-refractivity contribution in [3.63, 3.8) is 0 Å². The molecule has 1 fully saturated rings. The average molecular weight is 478 g/mol. The number of nitrogens with zero attached hydrogens (tertiary/aromatic N) is 4. The molecule has 7 nitrogen and oxygen atoms in total. The molecule has 0 saturated carbocycles. The SMILES string of the molecule is O=C(c1cc(Cn2cc(O)n(-c3ccc(SC(F)(F)F)cc3)c2=O)ccn1)N1CCCCC1. The number of likely N-dealkylation sites (tertiary alicyclic amines) is 1. The van der Waals surface area contributed by atoms with Gasteiger partial charge in [0, 0.05) is 24.2 Å². The maximum absolute atomic E-state index is 12.9. The summed E-state index contributed by atoms with van der Waals surface area (Å²) in [5.41, 5.74) is -3.80. The monoisotopic (exact) mass is 478 g/mol. The van der Waals surface area contributed by atoms with E-state index < -0.39 is 11.2 Å². The van der Waals surface area contributed by atoms with E-state index in [9.17, 15) is 27.9 Å². The van der Waals surface area contributed by atoms with Crippen molar-refractivity contribution in [1.82, 2.24) is 19.0 Å². The van der Waals surface area contributed by atoms with Gasteiger partial charge in [0.2, 0.25) is 5.88 Å². The van der Waals surface area contributed by atoms with E-state index in [0.29, 0.717) is 24.3 Å². The highest BCUT2D eigenvalue weighted by molar-refractivity contribution is 8.00. The third kappa shape index (κ3) is 5.41. The number of pyridine rings is 1. The molecule has 174 valence electrons. The fourth-order valence-electron chi connectivity index (χ4n) is 3.78. The lowest BCUT2D eigenvalue weighted by atomic mass is 10.1. The van der Waals surface area contributed by atoms with Crippen LogP contribution in [0.4, 0.5) is 13.2 Å². The quantitative estimate of drug-likeness (QED) is 0.561. The van der Waals surface area contributed by atoms with Crippen molar-refractivity contribution < 1.29 is 23.1 Å². The van der Waals surface area contributed by atoms with Gasteiger partial charge in [0.1, 0.15) is 5.69 Å². The first kappa shape index (κ1) is 23.0. The van der Waals surface area contributed by atoms with Gasteiger partial charge in [0.05, 0.1) is 18.4 Å². The third-order valence-electron chi connectivity index (χ3n) is 5.31. The Morgan fingerprint density at radius 3 is 2.45 bits per heavy atom. The van der Waals surface area contributed by atoms with Crippen molar-refractivity contribution in [1.29, 1.82) is 0 Å². The standard InChI is InChI=1S/C22H21F3N4O3S/c23-22(24,25)33-17-6-4-16(5-7-17)29-19(30)14-28(21(29)32)13-15-8-9-26-18(12-15)20(31)27-10-2-1-3-11-27/h4-9,12,14,30H,1-3,10-11,13H2. The predicted octanol–water partition coefficient (Wildman–Crippen LogP) is 4.03. The highest BCUT2D eigenvalue weighted by Crippen LogP contribution is 2.37. The molecular formula is C22H21F3N4O3S. The average Bonchev–Trinajstić information content (AvgIpc) is 3.06. The molecule has 0 unspecified atom stereocenters. The number of hydrogen-bond acceptors (Lipinski definition) is 5. The first-order chi connectivity index (χ1) is 15.7. The van der Waals surface area contributed by atoms with Crippen LogP contribution in [0, 0.1) is 0 Å². The van der Waals surface area contributed by atoms with E-state index >= 15 is 0 Å². The van der Waals surface area contributed by atoms with Crippen LogP contribution in [0.3, 0.4) is 0 Å². The number of rotatable bonds is 5. The Balaban J connectivity index is 1.54. The molecule has 0 bridgehead atoms. The molecule has 0 spiro atoms. The van der Waals surface area contributed by atoms with E-state index in [1.807, 2.05) is 0 Å². The summed E-state index contributed by atoms with van der Waals surface area (Å²) in [7, 11) is 0. The number of hydrogen-bond donors (Lipinski definition) is 1. The Bertz CT molecular complexity index is 1200. The van der Waals surface area contributed by atoms with Crippen LogP contribution >= 0.6 is 11.8 Å². The number of imidazole rings is 1. The summed E-state index contributed by atoms with van der Waals surface area (Å²) in [5.74, 6) is -0.504. The lowest BCUT2D eigenvalue weighted by Gasteiger charge is -2.26. The van der Waals surface area contributed by atoms with E-state index in [1.165, 1.54) is 41.2 Å². The van der Waals surface area contributed by atoms with Crippen LogP contribution in [0.5, 0.6) is 5.88 Å². The number of aromatic nitrogens is 3. The van der Waals surface area contributed by atoms with Gasteiger partial charge in [-0.15, -0.1) is 0 Å². The number of halogens is 3. The zero-order valence-electron chi connectivity index (χ0n) is 17.5. The van der Waals surface area contributed by atoms with E-state index in [2.05, 4.69) is 4.98 Å². The molecule has 4 rings (SSSR count). The molecule has 3 aromatic rings. The minimum absolute atomic E-state index is 0.0269. The second kappa shape index (κ2) is 9.34. The highest BCUT2D eigenvalue weighted by Gasteiger charge is 2.29. The number of benzene rings is 1. The highest BCUT2D eigenvalue weighted by atomic mass is 32.2. The Kier molecular flexibility index (Phi) is 6.50. The van der Waals surface area contributed by atoms with Crippen LogP contribution in [0.2, 0.25) is 0 Å². The Morgan fingerprint density at radius 1 is 1.09 bits per heavy atom. The smallest absolute Gasteiger partial charge is 0.446 e. The van der Waals surface area contributed by atoms with Gasteiger partial charge >= 0.3 is 11.2 Å². The summed E-state index contributed by atoms with van der Waals surface area (Å²) < 4.78 is 39.8. The number of piperidine rings is 1. The fraction of sp³-hybridized carbons (Fsp3) is 0.318. The van der Waals surface area contributed by atoms with E-state index in [4.69, 9.17) is 0 Å². The summed E-state index contributed by atoms with van der Waals surface area (Å²) in [6.45, 7) is 1.48. The second-order valence-corrected chi connectivity index (χ2v) is 8.82. The Morgan fingerprint density at radius 2 is 1.79 bits per heavy atom. The number of carbonyl (C=O) groups excluding carboxylic acids is 1. The van der Waals surface area contributed by atoms with Crippen molar-refractivity contribution in [3.05, 3.63) is 70.5 Å². The molecule has 0 aliphatic carbocycles. The molecule has 11 heteroatoms. The number of thioether (sulfide) groups is 1. The van der Waals surface area contributed by atoms with Crippen LogP contribution in [-0.4, -0.2) is 48.6 Å². The summed E-state index contributed by atoms with van der Waals surface area (Å²) in [6, 6.07) is 8.44. The molecule has 0 radical (unpaired) electrons. The van der Waals surface area contributed by atoms with Gasteiger partial charge in [0.15, 0.2) is 0 Å². The van der Waals surface area contributed by atoms with Crippen LogP contribution in [0.15, 0.2) is 58.5 Å². The van der Waals surface area contributed by atoms with Crippen LogP contribution in [0.1, 0.15) is 35.3 Å². The first-order valence-corrected chi connectivity index (χ1v) is 11.1. The largest absolute Gasteiger partial charge is 0.493 e. The van der Waals surface area contributed by atoms with Gasteiger partial charge in [0.25, 0.3) is 5.91 Å². The van der Waals surface area contributed by atoms with Crippen molar-refractivity contribution in [2.45, 2.75) is 36.2 Å². The molecular weight excluding hydrogens is 457 g/mol. The van der Waals surface area contributed by atoms with Gasteiger partial charge in [-0.25, -0.2) is 9.36 Å². The molecule has 1 saturated heterocycles. The lowest BCUT2D eigenvalue weighted by Crippen LogP contribution is -2.36. The Labute approximate surface area is 191 Å². The van der Waals surface area contributed by atoms with Gasteiger partial charge in [-0.1, -0.05) is 0 Å². The molecule has 2 aromatic heterocycles. The van der Waals surface area contributed by atoms with Gasteiger partial charge in [-0.3, -0.25) is 14.3 Å². The molecule has 1 aliphatic heterocycles. The van der Waals surface area contributed by atoms with Gasteiger partial charge in [-0.2, -0.15) is 13.2 Å². The normalized spacial score (nSPS) is 14.5. The number of amides is 1. The van der Waals surface area contributed by atoms with E-state index in [-0.39, 0.29) is 40.7 Å². The van der Waals surface area contributed by atoms with Crippen LogP contribution in [0.25, 0.3) is 5.69 Å². The topological polar surface area (TPSA) is 80.4 Å². The van der Waals surface area contributed by atoms with Gasteiger partial charge < -0.3 is 10.0 Å². The zero-order valence-corrected chi connectivity index (χ0v) is 18.3. The minimum atomic E-state index is -4.41. The third-order valence-corrected chi connectivity index (χ3v) is 6.04. The molecule has 1 N–H and O–H groups in total. The van der Waals surface area contributed by atoms with E-state index in [1.54, 1.807) is 17.0 Å². The molecule has 0 atom stereocenters. The van der Waals surface area contributed by atoms with Crippen molar-refractivity contribution in [2.75, 3.05) is 13.1 Å². The summed E-state index contributed by atoms with van der Waals surface area (Å²) in [4.78, 5) is 31.5. The van der Waals surface area contributed by atoms with Crippen molar-refractivity contribution in [3.8, 4) is 11.6 Å². The summed E-state index contributed by atoms with van der Waals surface area (Å²) in [5, 5.41) is 10.3. The zero-order chi connectivity index (χ0) is 23.6. The summed E-state index contributed by atoms with van der Waals surface area (Å²) >= 11 is -0.258. The number of aromatic hydroxyl groups is 1. The fourth-order valence-corrected chi connectivity index (χ4v) is 4.32. The molecule has 3 heterocycles. The minimum Gasteiger partial charge on any atom is -0.493 e. The number of carbonyl (C=O) groups is 1. The van der Waals surface area contributed by atoms with E-state index in [0.717, 1.165) is 23.8 Å². The maximum Gasteiger partial charge on any atom is 0.446 e. The molecule has 1 aliphatic rings. The first-order valence-electron chi connectivity index (χ1n) is 10.3. The summed E-state index contributed by atoms with van der Waals surface area (Å²) in [6.07, 6.45) is 5.77. The number of alkyl halides is 3. The van der Waals surface area contributed by atoms with Crippen molar-refractivity contribution in [2.24, 2.45) is 0 Å². The van der Waals surface area contributed by atoms with Crippen molar-refractivity contribution >= 4 is 17.7 Å². The molecule has 1 aromatic carbocycles.